The van der Waals surface area contributed by atoms with E-state index in [9.17, 15) is 0 Å². The summed E-state index contributed by atoms with van der Waals surface area (Å²) in [5.74, 6) is 0.867. The van der Waals surface area contributed by atoms with Crippen LogP contribution in [0.2, 0.25) is 0 Å². The van der Waals surface area contributed by atoms with Crippen LogP contribution in [0.1, 0.15) is 62.9 Å². The van der Waals surface area contributed by atoms with Crippen molar-refractivity contribution < 1.29 is 0 Å². The lowest BCUT2D eigenvalue weighted by molar-refractivity contribution is 0.299. The average molecular weight is 247 g/mol. The van der Waals surface area contributed by atoms with E-state index in [2.05, 4.69) is 22.2 Å². The Balaban J connectivity index is 2.00. The van der Waals surface area contributed by atoms with Crippen molar-refractivity contribution in [2.75, 3.05) is 6.54 Å². The molecule has 0 amide bonds. The quantitative estimate of drug-likeness (QED) is 0.866. The highest BCUT2D eigenvalue weighted by molar-refractivity contribution is 5.06. The minimum Gasteiger partial charge on any atom is -0.309 e. The first-order valence-corrected chi connectivity index (χ1v) is 7.31. The highest BCUT2D eigenvalue weighted by atomic mass is 14.9. The fourth-order valence-corrected chi connectivity index (χ4v) is 2.89. The van der Waals surface area contributed by atoms with Crippen molar-refractivity contribution in [3.05, 3.63) is 23.8 Å². The van der Waals surface area contributed by atoms with Gasteiger partial charge in [-0.15, -0.1) is 0 Å². The number of hydrogen-bond donors (Lipinski definition) is 1. The summed E-state index contributed by atoms with van der Waals surface area (Å²) in [6, 6.07) is 0.381. The molecular weight excluding hydrogens is 222 g/mol. The van der Waals surface area contributed by atoms with Gasteiger partial charge in [-0.25, -0.2) is 0 Å². The predicted molar refractivity (Wildman–Crippen MR) is 74.4 cm³/mol. The summed E-state index contributed by atoms with van der Waals surface area (Å²) < 4.78 is 0. The van der Waals surface area contributed by atoms with E-state index in [-0.39, 0.29) is 0 Å². The van der Waals surface area contributed by atoms with Crippen molar-refractivity contribution >= 4 is 0 Å². The minimum absolute atomic E-state index is 0.381. The molecular formula is C15H25N3. The first kappa shape index (κ1) is 13.5. The topological polar surface area (TPSA) is 37.8 Å². The fourth-order valence-electron chi connectivity index (χ4n) is 2.89. The second-order valence-electron chi connectivity index (χ2n) is 5.43. The molecule has 0 radical (unpaired) electrons. The van der Waals surface area contributed by atoms with Crippen molar-refractivity contribution in [1.29, 1.82) is 0 Å². The zero-order valence-corrected chi connectivity index (χ0v) is 11.7. The number of nitrogens with one attached hydrogen (secondary N) is 1. The Morgan fingerprint density at radius 1 is 1.22 bits per heavy atom. The van der Waals surface area contributed by atoms with Crippen LogP contribution >= 0.6 is 0 Å². The third-order valence-corrected chi connectivity index (χ3v) is 3.90. The van der Waals surface area contributed by atoms with Gasteiger partial charge in [-0.2, -0.15) is 0 Å². The van der Waals surface area contributed by atoms with E-state index in [1.807, 2.05) is 19.3 Å². The van der Waals surface area contributed by atoms with Crippen LogP contribution in [0.3, 0.4) is 0 Å². The molecule has 0 aliphatic heterocycles. The maximum absolute atomic E-state index is 4.54. The molecule has 100 valence electrons. The van der Waals surface area contributed by atoms with Crippen molar-refractivity contribution in [2.45, 2.75) is 58.4 Å². The van der Waals surface area contributed by atoms with Gasteiger partial charge in [-0.3, -0.25) is 9.97 Å². The molecule has 2 rings (SSSR count). The minimum atomic E-state index is 0.381. The summed E-state index contributed by atoms with van der Waals surface area (Å²) in [6.45, 7) is 5.14. The second-order valence-corrected chi connectivity index (χ2v) is 5.43. The average Bonchev–Trinajstić information content (AvgIpc) is 2.40. The number of rotatable bonds is 5. The van der Waals surface area contributed by atoms with E-state index in [0.29, 0.717) is 6.04 Å². The van der Waals surface area contributed by atoms with Gasteiger partial charge < -0.3 is 5.32 Å². The van der Waals surface area contributed by atoms with Gasteiger partial charge in [0.25, 0.3) is 0 Å². The Bertz CT molecular complexity index is 341. The molecule has 1 saturated carbocycles. The lowest BCUT2D eigenvalue weighted by Crippen LogP contribution is -2.25. The fraction of sp³-hybridized carbons (Fsp3) is 0.733. The summed E-state index contributed by atoms with van der Waals surface area (Å²) in [5.41, 5.74) is 2.10. The Labute approximate surface area is 110 Å². The van der Waals surface area contributed by atoms with Crippen molar-refractivity contribution in [3.8, 4) is 0 Å². The lowest BCUT2D eigenvalue weighted by atomic mass is 9.84. The normalized spacial score (nSPS) is 18.8. The zero-order chi connectivity index (χ0) is 12.8. The van der Waals surface area contributed by atoms with Gasteiger partial charge >= 0.3 is 0 Å². The maximum atomic E-state index is 4.54. The van der Waals surface area contributed by atoms with Crippen LogP contribution in [0, 0.1) is 12.8 Å². The van der Waals surface area contributed by atoms with Gasteiger partial charge in [0.05, 0.1) is 23.6 Å². The van der Waals surface area contributed by atoms with Crippen LogP contribution in [0.15, 0.2) is 12.4 Å². The summed E-state index contributed by atoms with van der Waals surface area (Å²) >= 11 is 0. The molecule has 1 aliphatic rings. The van der Waals surface area contributed by atoms with Gasteiger partial charge in [0, 0.05) is 6.20 Å². The van der Waals surface area contributed by atoms with Gasteiger partial charge in [0.2, 0.25) is 0 Å². The van der Waals surface area contributed by atoms with E-state index in [0.717, 1.165) is 23.9 Å². The van der Waals surface area contributed by atoms with Gasteiger partial charge in [0.15, 0.2) is 0 Å². The van der Waals surface area contributed by atoms with Crippen LogP contribution in [-0.2, 0) is 0 Å². The third-order valence-electron chi connectivity index (χ3n) is 3.90. The maximum Gasteiger partial charge on any atom is 0.0756 e. The van der Waals surface area contributed by atoms with Gasteiger partial charge in [0.1, 0.15) is 0 Å². The Hall–Kier alpha value is -0.960. The van der Waals surface area contributed by atoms with Crippen molar-refractivity contribution in [2.24, 2.45) is 5.92 Å². The molecule has 1 fully saturated rings. The standard InChI is InChI=1S/C15H25N3/c1-3-16-14(9-13-7-5-4-6-8-13)15-11-17-12(2)10-18-15/h10-11,13-14,16H,3-9H2,1-2H3. The molecule has 1 aromatic heterocycles. The summed E-state index contributed by atoms with van der Waals surface area (Å²) in [7, 11) is 0. The summed E-state index contributed by atoms with van der Waals surface area (Å²) in [6.07, 6.45) is 12.0. The van der Waals surface area contributed by atoms with Crippen LogP contribution < -0.4 is 5.32 Å². The molecule has 0 bridgehead atoms. The molecule has 1 aromatic rings. The molecule has 1 N–H and O–H groups in total. The first-order valence-electron chi connectivity index (χ1n) is 7.31. The Morgan fingerprint density at radius 3 is 2.61 bits per heavy atom. The number of nitrogens with zero attached hydrogens (tertiary/aromatic N) is 2. The molecule has 0 spiro atoms. The highest BCUT2D eigenvalue weighted by Gasteiger charge is 2.20. The lowest BCUT2D eigenvalue weighted by Gasteiger charge is -2.26. The third kappa shape index (κ3) is 3.77. The van der Waals surface area contributed by atoms with E-state index in [1.165, 1.54) is 38.5 Å². The first-order chi connectivity index (χ1) is 8.79. The Kier molecular flexibility index (Phi) is 5.12. The van der Waals surface area contributed by atoms with Crippen LogP contribution in [0.5, 0.6) is 0 Å². The van der Waals surface area contributed by atoms with Crippen molar-refractivity contribution in [1.82, 2.24) is 15.3 Å². The number of aromatic nitrogens is 2. The molecule has 0 aromatic carbocycles. The second kappa shape index (κ2) is 6.83. The molecule has 1 atom stereocenters. The zero-order valence-electron chi connectivity index (χ0n) is 11.7. The smallest absolute Gasteiger partial charge is 0.0756 e. The van der Waals surface area contributed by atoms with Crippen LogP contribution in [-0.4, -0.2) is 16.5 Å². The largest absolute Gasteiger partial charge is 0.309 e. The van der Waals surface area contributed by atoms with Crippen LogP contribution in [0.4, 0.5) is 0 Å². The molecule has 1 aliphatic carbocycles. The molecule has 3 nitrogen and oxygen atoms in total. The Morgan fingerprint density at radius 2 is 2.00 bits per heavy atom. The highest BCUT2D eigenvalue weighted by Crippen LogP contribution is 2.31. The number of aryl methyl sites for hydroxylation is 1. The van der Waals surface area contributed by atoms with E-state index in [1.54, 1.807) is 0 Å². The number of hydrogen-bond acceptors (Lipinski definition) is 3. The monoisotopic (exact) mass is 247 g/mol. The van der Waals surface area contributed by atoms with Crippen molar-refractivity contribution in [3.63, 3.8) is 0 Å². The van der Waals surface area contributed by atoms with Gasteiger partial charge in [-0.1, -0.05) is 39.0 Å². The molecule has 1 heterocycles. The molecule has 0 saturated heterocycles. The molecule has 3 heteroatoms. The SMILES string of the molecule is CCNC(CC1CCCCC1)c1cnc(C)cn1. The van der Waals surface area contributed by atoms with E-state index < -0.39 is 0 Å². The predicted octanol–water partition coefficient (Wildman–Crippen LogP) is 3.41. The van der Waals surface area contributed by atoms with Crippen LogP contribution in [0.25, 0.3) is 0 Å². The van der Waals surface area contributed by atoms with Gasteiger partial charge in [-0.05, 0) is 25.8 Å². The summed E-state index contributed by atoms with van der Waals surface area (Å²) in [5, 5.41) is 3.56. The molecule has 1 unspecified atom stereocenters. The van der Waals surface area contributed by atoms with E-state index in [4.69, 9.17) is 0 Å². The van der Waals surface area contributed by atoms with E-state index >= 15 is 0 Å². The summed E-state index contributed by atoms with van der Waals surface area (Å²) in [4.78, 5) is 8.91. The molecule has 18 heavy (non-hydrogen) atoms.